The molecule has 1 aromatic heterocycles. The molecule has 0 N–H and O–H groups in total. The van der Waals surface area contributed by atoms with Crippen LogP contribution >= 0.6 is 0 Å². The lowest BCUT2D eigenvalue weighted by molar-refractivity contribution is 0.708. The first kappa shape index (κ1) is 16.0. The molecule has 0 aliphatic rings. The molecule has 24 heavy (non-hydrogen) atoms. The minimum atomic E-state index is 0.00528. The van der Waals surface area contributed by atoms with Crippen molar-refractivity contribution in [3.05, 3.63) is 70.3 Å². The maximum Gasteiger partial charge on any atom is 0.261 e. The van der Waals surface area contributed by atoms with Gasteiger partial charge in [0.1, 0.15) is 5.82 Å². The number of hydrogen-bond donors (Lipinski definition) is 0. The Kier molecular flexibility index (Phi) is 4.47. The maximum absolute atomic E-state index is 12.6. The lowest BCUT2D eigenvalue weighted by Crippen LogP contribution is -2.22. The van der Waals surface area contributed by atoms with Crippen LogP contribution < -0.4 is 10.5 Å². The number of anilines is 1. The number of para-hydroxylation sites is 1. The van der Waals surface area contributed by atoms with E-state index in [-0.39, 0.29) is 5.56 Å². The van der Waals surface area contributed by atoms with Gasteiger partial charge in [0.15, 0.2) is 0 Å². The van der Waals surface area contributed by atoms with Crippen LogP contribution in [0.25, 0.3) is 23.1 Å². The third-order valence-electron chi connectivity index (χ3n) is 4.04. The van der Waals surface area contributed by atoms with Crippen molar-refractivity contribution >= 4 is 28.7 Å². The smallest absolute Gasteiger partial charge is 0.261 e. The van der Waals surface area contributed by atoms with Crippen molar-refractivity contribution in [2.24, 2.45) is 0 Å². The minimum absolute atomic E-state index is 0.00528. The Balaban J connectivity index is 2.01. The third-order valence-corrected chi connectivity index (χ3v) is 4.04. The van der Waals surface area contributed by atoms with Gasteiger partial charge in [-0.2, -0.15) is 0 Å². The molecule has 4 nitrogen and oxygen atoms in total. The van der Waals surface area contributed by atoms with Crippen LogP contribution in [0.3, 0.4) is 0 Å². The van der Waals surface area contributed by atoms with Gasteiger partial charge >= 0.3 is 0 Å². The monoisotopic (exact) mass is 319 g/mol. The van der Waals surface area contributed by atoms with Crippen LogP contribution in [0, 0.1) is 0 Å². The average Bonchev–Trinajstić information content (AvgIpc) is 2.60. The highest BCUT2D eigenvalue weighted by molar-refractivity contribution is 5.79. The zero-order valence-corrected chi connectivity index (χ0v) is 14.2. The molecule has 0 spiro atoms. The predicted octanol–water partition coefficient (Wildman–Crippen LogP) is 3.65. The topological polar surface area (TPSA) is 38.1 Å². The molecule has 0 saturated carbocycles. The molecule has 0 fully saturated rings. The van der Waals surface area contributed by atoms with Crippen LogP contribution in [0.1, 0.15) is 18.3 Å². The first-order chi connectivity index (χ1) is 11.6. The van der Waals surface area contributed by atoms with E-state index in [9.17, 15) is 4.79 Å². The summed E-state index contributed by atoms with van der Waals surface area (Å²) in [5, 5.41) is 0.659. The van der Waals surface area contributed by atoms with Gasteiger partial charge in [-0.1, -0.05) is 30.3 Å². The van der Waals surface area contributed by atoms with Crippen LogP contribution in [0.5, 0.6) is 0 Å². The zero-order valence-electron chi connectivity index (χ0n) is 14.2. The van der Waals surface area contributed by atoms with Gasteiger partial charge in [-0.15, -0.1) is 0 Å². The molecule has 0 radical (unpaired) electrons. The van der Waals surface area contributed by atoms with E-state index in [1.165, 1.54) is 0 Å². The largest absolute Gasteiger partial charge is 0.378 e. The molecule has 0 bridgehead atoms. The number of fused-ring (bicyclic) bond motifs is 1. The van der Waals surface area contributed by atoms with Gasteiger partial charge in [0, 0.05) is 26.3 Å². The van der Waals surface area contributed by atoms with Crippen LogP contribution in [0.4, 0.5) is 5.69 Å². The maximum atomic E-state index is 12.6. The third kappa shape index (κ3) is 3.08. The van der Waals surface area contributed by atoms with Crippen molar-refractivity contribution in [3.63, 3.8) is 0 Å². The summed E-state index contributed by atoms with van der Waals surface area (Å²) in [5.41, 5.74) is 2.97. The van der Waals surface area contributed by atoms with Gasteiger partial charge in [0.2, 0.25) is 0 Å². The van der Waals surface area contributed by atoms with Crippen molar-refractivity contribution in [1.82, 2.24) is 9.55 Å². The Bertz CT molecular complexity index is 937. The molecule has 3 aromatic rings. The van der Waals surface area contributed by atoms with E-state index in [4.69, 9.17) is 0 Å². The van der Waals surface area contributed by atoms with Gasteiger partial charge in [-0.3, -0.25) is 9.36 Å². The Morgan fingerprint density at radius 1 is 1.04 bits per heavy atom. The molecular formula is C20H21N3O. The molecule has 122 valence electrons. The highest BCUT2D eigenvalue weighted by atomic mass is 16.1. The van der Waals surface area contributed by atoms with E-state index in [2.05, 4.69) is 34.1 Å². The van der Waals surface area contributed by atoms with E-state index >= 15 is 0 Å². The molecule has 0 atom stereocenters. The summed E-state index contributed by atoms with van der Waals surface area (Å²) in [5.74, 6) is 0.679. The molecule has 0 saturated heterocycles. The Hall–Kier alpha value is -2.88. The second kappa shape index (κ2) is 6.71. The summed E-state index contributed by atoms with van der Waals surface area (Å²) >= 11 is 0. The standard InChI is InChI=1S/C20H21N3O/c1-4-23-19(21-18-8-6-5-7-17(18)20(23)24)14-11-15-9-12-16(13-10-15)22(2)3/h5-14H,4H2,1-3H3/b14-11+. The first-order valence-corrected chi connectivity index (χ1v) is 8.05. The summed E-state index contributed by atoms with van der Waals surface area (Å²) in [7, 11) is 4.04. The highest BCUT2D eigenvalue weighted by Crippen LogP contribution is 2.15. The summed E-state index contributed by atoms with van der Waals surface area (Å²) in [6.07, 6.45) is 3.89. The fourth-order valence-electron chi connectivity index (χ4n) is 2.67. The van der Waals surface area contributed by atoms with Gasteiger partial charge in [-0.05, 0) is 42.8 Å². The minimum Gasteiger partial charge on any atom is -0.378 e. The molecule has 1 heterocycles. The normalized spacial score (nSPS) is 11.3. The Morgan fingerprint density at radius 3 is 2.42 bits per heavy atom. The van der Waals surface area contributed by atoms with E-state index in [1.54, 1.807) is 4.57 Å². The highest BCUT2D eigenvalue weighted by Gasteiger charge is 2.07. The molecule has 0 unspecified atom stereocenters. The Labute approximate surface area is 141 Å². The van der Waals surface area contributed by atoms with Crippen molar-refractivity contribution < 1.29 is 0 Å². The lowest BCUT2D eigenvalue weighted by atomic mass is 10.2. The molecule has 0 amide bonds. The van der Waals surface area contributed by atoms with Gasteiger partial charge in [0.25, 0.3) is 5.56 Å². The number of aromatic nitrogens is 2. The lowest BCUT2D eigenvalue weighted by Gasteiger charge is -2.12. The van der Waals surface area contributed by atoms with Crippen LogP contribution in [0.15, 0.2) is 53.3 Å². The van der Waals surface area contributed by atoms with Crippen molar-refractivity contribution in [2.75, 3.05) is 19.0 Å². The van der Waals surface area contributed by atoms with Crippen LogP contribution in [-0.4, -0.2) is 23.6 Å². The number of benzene rings is 2. The molecule has 0 aliphatic carbocycles. The summed E-state index contributed by atoms with van der Waals surface area (Å²) < 4.78 is 1.70. The molecule has 0 aliphatic heterocycles. The number of rotatable bonds is 4. The van der Waals surface area contributed by atoms with Crippen LogP contribution in [-0.2, 0) is 6.54 Å². The van der Waals surface area contributed by atoms with Gasteiger partial charge < -0.3 is 4.90 Å². The fraction of sp³-hybridized carbons (Fsp3) is 0.200. The van der Waals surface area contributed by atoms with Crippen molar-refractivity contribution in [2.45, 2.75) is 13.5 Å². The summed E-state index contributed by atoms with van der Waals surface area (Å²) in [6, 6.07) is 15.7. The predicted molar refractivity (Wildman–Crippen MR) is 101 cm³/mol. The van der Waals surface area contributed by atoms with Crippen molar-refractivity contribution in [1.29, 1.82) is 0 Å². The Morgan fingerprint density at radius 2 is 1.75 bits per heavy atom. The average molecular weight is 319 g/mol. The SMILES string of the molecule is CCn1c(/C=C/c2ccc(N(C)C)cc2)nc2ccccc2c1=O. The van der Waals surface area contributed by atoms with Gasteiger partial charge in [-0.25, -0.2) is 4.98 Å². The van der Waals surface area contributed by atoms with E-state index in [0.29, 0.717) is 17.8 Å². The zero-order chi connectivity index (χ0) is 17.1. The molecule has 4 heteroatoms. The second-order valence-corrected chi connectivity index (χ2v) is 5.86. The first-order valence-electron chi connectivity index (χ1n) is 8.05. The van der Waals surface area contributed by atoms with Crippen LogP contribution in [0.2, 0.25) is 0 Å². The van der Waals surface area contributed by atoms with Gasteiger partial charge in [0.05, 0.1) is 10.9 Å². The molecule has 3 rings (SSSR count). The molecular weight excluding hydrogens is 298 g/mol. The van der Waals surface area contributed by atoms with Crippen molar-refractivity contribution in [3.8, 4) is 0 Å². The van der Waals surface area contributed by atoms with E-state index in [0.717, 1.165) is 16.8 Å². The quantitative estimate of drug-likeness (QED) is 0.737. The summed E-state index contributed by atoms with van der Waals surface area (Å²) in [6.45, 7) is 2.55. The second-order valence-electron chi connectivity index (χ2n) is 5.86. The van der Waals surface area contributed by atoms with E-state index < -0.39 is 0 Å². The molecule has 2 aromatic carbocycles. The fourth-order valence-corrected chi connectivity index (χ4v) is 2.67. The van der Waals surface area contributed by atoms with E-state index in [1.807, 2.05) is 57.4 Å². The number of hydrogen-bond acceptors (Lipinski definition) is 3. The number of nitrogens with zero attached hydrogens (tertiary/aromatic N) is 3. The summed E-state index contributed by atoms with van der Waals surface area (Å²) in [4.78, 5) is 19.3.